The number of benzene rings is 1. The second-order valence-corrected chi connectivity index (χ2v) is 6.57. The lowest BCUT2D eigenvalue weighted by atomic mass is 9.89. The van der Waals surface area contributed by atoms with E-state index in [0.29, 0.717) is 6.04 Å². The molecule has 1 rings (SSSR count). The summed E-state index contributed by atoms with van der Waals surface area (Å²) >= 11 is 6.32. The number of hydrogen-bond acceptors (Lipinski definition) is 1. The second-order valence-electron chi connectivity index (χ2n) is 6.17. The minimum absolute atomic E-state index is 0.435. The lowest BCUT2D eigenvalue weighted by Gasteiger charge is -2.25. The first-order chi connectivity index (χ1) is 10.1. The van der Waals surface area contributed by atoms with Crippen LogP contribution in [0, 0.1) is 12.8 Å². The number of hydrogen-bond donors (Lipinski definition) is 1. The molecule has 0 saturated heterocycles. The third-order valence-electron chi connectivity index (χ3n) is 4.35. The van der Waals surface area contributed by atoms with Gasteiger partial charge in [0, 0.05) is 11.1 Å². The lowest BCUT2D eigenvalue weighted by molar-refractivity contribution is 0.353. The lowest BCUT2D eigenvalue weighted by Crippen LogP contribution is -2.24. The molecule has 0 heterocycles. The molecular weight excluding hydrogens is 278 g/mol. The molecule has 21 heavy (non-hydrogen) atoms. The van der Waals surface area contributed by atoms with E-state index in [-0.39, 0.29) is 0 Å². The molecule has 0 fully saturated rings. The van der Waals surface area contributed by atoms with Gasteiger partial charge < -0.3 is 5.32 Å². The molecule has 2 heteroatoms. The van der Waals surface area contributed by atoms with E-state index in [1.54, 1.807) is 0 Å². The molecule has 0 bridgehead atoms. The molecule has 0 saturated carbocycles. The van der Waals surface area contributed by atoms with Crippen molar-refractivity contribution in [3.8, 4) is 0 Å². The molecule has 0 aliphatic rings. The molecule has 2 atom stereocenters. The van der Waals surface area contributed by atoms with Gasteiger partial charge in [0.25, 0.3) is 0 Å². The Bertz CT molecular complexity index is 403. The van der Waals surface area contributed by atoms with Crippen LogP contribution < -0.4 is 5.32 Å². The fourth-order valence-corrected chi connectivity index (χ4v) is 2.99. The van der Waals surface area contributed by atoms with E-state index in [1.807, 2.05) is 0 Å². The van der Waals surface area contributed by atoms with Crippen LogP contribution in [0.2, 0.25) is 5.02 Å². The van der Waals surface area contributed by atoms with Crippen molar-refractivity contribution in [1.29, 1.82) is 0 Å². The van der Waals surface area contributed by atoms with Gasteiger partial charge in [0.2, 0.25) is 0 Å². The van der Waals surface area contributed by atoms with Crippen molar-refractivity contribution in [2.75, 3.05) is 6.54 Å². The Hall–Kier alpha value is -0.530. The van der Waals surface area contributed by atoms with Gasteiger partial charge in [0.05, 0.1) is 0 Å². The summed E-state index contributed by atoms with van der Waals surface area (Å²) in [4.78, 5) is 0. The molecule has 0 aliphatic heterocycles. The summed E-state index contributed by atoms with van der Waals surface area (Å²) in [6.07, 6.45) is 7.63. The minimum atomic E-state index is 0.435. The number of rotatable bonds is 10. The zero-order valence-corrected chi connectivity index (χ0v) is 15.0. The third-order valence-corrected chi connectivity index (χ3v) is 4.76. The molecule has 2 unspecified atom stereocenters. The van der Waals surface area contributed by atoms with E-state index >= 15 is 0 Å². The highest BCUT2D eigenvalue weighted by Crippen LogP contribution is 2.29. The van der Waals surface area contributed by atoms with Gasteiger partial charge in [0.1, 0.15) is 0 Å². The van der Waals surface area contributed by atoms with E-state index in [0.717, 1.165) is 23.0 Å². The molecular formula is C19H32ClN. The molecule has 0 radical (unpaired) electrons. The van der Waals surface area contributed by atoms with Crippen molar-refractivity contribution in [3.05, 3.63) is 34.3 Å². The van der Waals surface area contributed by atoms with Crippen molar-refractivity contribution < 1.29 is 0 Å². The van der Waals surface area contributed by atoms with Crippen LogP contribution in [0.25, 0.3) is 0 Å². The fourth-order valence-electron chi connectivity index (χ4n) is 2.80. The first kappa shape index (κ1) is 18.5. The summed E-state index contributed by atoms with van der Waals surface area (Å²) in [5.74, 6) is 0.805. The van der Waals surface area contributed by atoms with Gasteiger partial charge in [-0.25, -0.2) is 0 Å². The third kappa shape index (κ3) is 6.40. The SMILES string of the molecule is CCCCC(CC)CC(NCCC)c1ccc(C)c(Cl)c1. The van der Waals surface area contributed by atoms with Crippen molar-refractivity contribution >= 4 is 11.6 Å². The Morgan fingerprint density at radius 3 is 2.48 bits per heavy atom. The summed E-state index contributed by atoms with van der Waals surface area (Å²) in [5.41, 5.74) is 2.50. The monoisotopic (exact) mass is 309 g/mol. The Kier molecular flexibility index (Phi) is 9.03. The molecule has 1 nitrogen and oxygen atoms in total. The molecule has 120 valence electrons. The maximum atomic E-state index is 6.32. The van der Waals surface area contributed by atoms with Gasteiger partial charge in [-0.2, -0.15) is 0 Å². The van der Waals surface area contributed by atoms with Crippen LogP contribution in [0.15, 0.2) is 18.2 Å². The Balaban J connectivity index is 2.80. The van der Waals surface area contributed by atoms with Crippen molar-refractivity contribution in [2.24, 2.45) is 5.92 Å². The highest BCUT2D eigenvalue weighted by Gasteiger charge is 2.17. The van der Waals surface area contributed by atoms with Crippen LogP contribution in [0.3, 0.4) is 0 Å². The van der Waals surface area contributed by atoms with Crippen LogP contribution in [0.5, 0.6) is 0 Å². The van der Waals surface area contributed by atoms with Crippen LogP contribution in [0.4, 0.5) is 0 Å². The second kappa shape index (κ2) is 10.2. The van der Waals surface area contributed by atoms with Crippen LogP contribution in [-0.4, -0.2) is 6.54 Å². The minimum Gasteiger partial charge on any atom is -0.310 e. The molecule has 0 aromatic heterocycles. The molecule has 0 amide bonds. The standard InChI is InChI=1S/C19H32ClN/c1-5-8-9-16(7-3)13-19(21-12-6-2)17-11-10-15(4)18(20)14-17/h10-11,14,16,19,21H,5-9,12-13H2,1-4H3. The first-order valence-corrected chi connectivity index (χ1v) is 8.99. The maximum Gasteiger partial charge on any atom is 0.0438 e. The molecule has 0 spiro atoms. The summed E-state index contributed by atoms with van der Waals surface area (Å²) in [6.45, 7) is 9.95. The van der Waals surface area contributed by atoms with Crippen molar-refractivity contribution in [2.45, 2.75) is 72.3 Å². The topological polar surface area (TPSA) is 12.0 Å². The molecule has 0 aliphatic carbocycles. The van der Waals surface area contributed by atoms with Gasteiger partial charge >= 0.3 is 0 Å². The van der Waals surface area contributed by atoms with E-state index in [1.165, 1.54) is 44.1 Å². The van der Waals surface area contributed by atoms with Gasteiger partial charge in [-0.05, 0) is 49.4 Å². The molecule has 1 aromatic carbocycles. The number of aryl methyl sites for hydroxylation is 1. The predicted molar refractivity (Wildman–Crippen MR) is 95.1 cm³/mol. The Morgan fingerprint density at radius 1 is 1.14 bits per heavy atom. The molecule has 1 N–H and O–H groups in total. The first-order valence-electron chi connectivity index (χ1n) is 8.61. The fraction of sp³-hybridized carbons (Fsp3) is 0.684. The highest BCUT2D eigenvalue weighted by molar-refractivity contribution is 6.31. The van der Waals surface area contributed by atoms with Crippen molar-refractivity contribution in [1.82, 2.24) is 5.32 Å². The van der Waals surface area contributed by atoms with Crippen LogP contribution in [-0.2, 0) is 0 Å². The summed E-state index contributed by atoms with van der Waals surface area (Å²) in [6, 6.07) is 6.97. The predicted octanol–water partition coefficient (Wildman–Crippen LogP) is 6.30. The quantitative estimate of drug-likeness (QED) is 0.535. The molecule has 1 aromatic rings. The zero-order valence-electron chi connectivity index (χ0n) is 14.2. The van der Waals surface area contributed by atoms with Gasteiger partial charge in [-0.15, -0.1) is 0 Å². The van der Waals surface area contributed by atoms with Gasteiger partial charge in [-0.3, -0.25) is 0 Å². The van der Waals surface area contributed by atoms with Gasteiger partial charge in [0.15, 0.2) is 0 Å². The smallest absolute Gasteiger partial charge is 0.0438 e. The maximum absolute atomic E-state index is 6.32. The van der Waals surface area contributed by atoms with Crippen LogP contribution >= 0.6 is 11.6 Å². The van der Waals surface area contributed by atoms with E-state index in [9.17, 15) is 0 Å². The largest absolute Gasteiger partial charge is 0.310 e. The number of halogens is 1. The average molecular weight is 310 g/mol. The Labute approximate surface area is 136 Å². The average Bonchev–Trinajstić information content (AvgIpc) is 2.49. The summed E-state index contributed by atoms with van der Waals surface area (Å²) < 4.78 is 0. The number of nitrogens with one attached hydrogen (secondary N) is 1. The highest BCUT2D eigenvalue weighted by atomic mass is 35.5. The van der Waals surface area contributed by atoms with E-state index in [4.69, 9.17) is 11.6 Å². The number of unbranched alkanes of at least 4 members (excludes halogenated alkanes) is 1. The Morgan fingerprint density at radius 2 is 1.90 bits per heavy atom. The van der Waals surface area contributed by atoms with Gasteiger partial charge in [-0.1, -0.05) is 70.2 Å². The van der Waals surface area contributed by atoms with E-state index < -0.39 is 0 Å². The van der Waals surface area contributed by atoms with Crippen LogP contribution in [0.1, 0.15) is 76.5 Å². The normalized spacial score (nSPS) is 14.1. The summed E-state index contributed by atoms with van der Waals surface area (Å²) in [7, 11) is 0. The van der Waals surface area contributed by atoms with Crippen molar-refractivity contribution in [3.63, 3.8) is 0 Å². The zero-order chi connectivity index (χ0) is 15.7. The summed E-state index contributed by atoms with van der Waals surface area (Å²) in [5, 5.41) is 4.60. The van der Waals surface area contributed by atoms with E-state index in [2.05, 4.69) is 51.2 Å².